The molecule has 0 saturated carbocycles. The lowest BCUT2D eigenvalue weighted by atomic mass is 10.1. The molecule has 0 atom stereocenters. The zero-order valence-corrected chi connectivity index (χ0v) is 10.7. The maximum absolute atomic E-state index is 10.1. The summed E-state index contributed by atoms with van der Waals surface area (Å²) >= 11 is 0. The van der Waals surface area contributed by atoms with Gasteiger partial charge in [0.2, 0.25) is 0 Å². The SMILES string of the molecule is CCC(=O)O.O=C(O)CCCCCCCC(=O)O. The molecule has 6 nitrogen and oxygen atoms in total. The van der Waals surface area contributed by atoms with Gasteiger partial charge in [-0.2, -0.15) is 0 Å². The summed E-state index contributed by atoms with van der Waals surface area (Å²) in [5, 5.41) is 24.3. The van der Waals surface area contributed by atoms with Crippen LogP contribution in [0.4, 0.5) is 0 Å². The highest BCUT2D eigenvalue weighted by Gasteiger charge is 1.98. The Balaban J connectivity index is 0. The fourth-order valence-electron chi connectivity index (χ4n) is 1.08. The molecule has 0 fully saturated rings. The Labute approximate surface area is 107 Å². The van der Waals surface area contributed by atoms with Gasteiger partial charge in [-0.05, 0) is 12.8 Å². The second-order valence-electron chi connectivity index (χ2n) is 3.80. The molecule has 0 aliphatic heterocycles. The van der Waals surface area contributed by atoms with Crippen LogP contribution in [0.25, 0.3) is 0 Å². The zero-order valence-electron chi connectivity index (χ0n) is 10.7. The van der Waals surface area contributed by atoms with E-state index in [1.165, 1.54) is 0 Å². The standard InChI is InChI=1S/C9H16O4.C3H6O2/c10-8(11)6-4-2-1-3-5-7-9(12)13;1-2-3(4)5/h1-7H2,(H,10,11)(H,12,13);2H2,1H3,(H,4,5). The Hall–Kier alpha value is -1.59. The number of aliphatic carboxylic acids is 3. The summed E-state index contributed by atoms with van der Waals surface area (Å²) in [6, 6.07) is 0. The molecule has 0 aliphatic carbocycles. The summed E-state index contributed by atoms with van der Waals surface area (Å²) in [5.41, 5.74) is 0. The molecule has 0 spiro atoms. The van der Waals surface area contributed by atoms with Crippen molar-refractivity contribution in [1.29, 1.82) is 0 Å². The largest absolute Gasteiger partial charge is 0.481 e. The van der Waals surface area contributed by atoms with Crippen LogP contribution in [-0.4, -0.2) is 33.2 Å². The summed E-state index contributed by atoms with van der Waals surface area (Å²) < 4.78 is 0. The zero-order chi connectivity index (χ0) is 14.4. The lowest BCUT2D eigenvalue weighted by molar-refractivity contribution is -0.138. The topological polar surface area (TPSA) is 112 Å². The Morgan fingerprint density at radius 3 is 1.17 bits per heavy atom. The van der Waals surface area contributed by atoms with Crippen molar-refractivity contribution in [2.45, 2.75) is 58.3 Å². The summed E-state index contributed by atoms with van der Waals surface area (Å²) in [6.07, 6.45) is 4.75. The molecule has 0 aromatic carbocycles. The molecule has 0 radical (unpaired) electrons. The predicted molar refractivity (Wildman–Crippen MR) is 65.5 cm³/mol. The Bertz CT molecular complexity index is 231. The van der Waals surface area contributed by atoms with E-state index in [-0.39, 0.29) is 19.3 Å². The monoisotopic (exact) mass is 262 g/mol. The maximum atomic E-state index is 10.1. The minimum atomic E-state index is -0.759. The highest BCUT2D eigenvalue weighted by atomic mass is 16.4. The first-order valence-electron chi connectivity index (χ1n) is 6.05. The minimum absolute atomic E-state index is 0.221. The number of rotatable bonds is 9. The average Bonchev–Trinajstić information content (AvgIpc) is 2.27. The third-order valence-corrected chi connectivity index (χ3v) is 2.08. The van der Waals surface area contributed by atoms with E-state index in [1.807, 2.05) is 0 Å². The lowest BCUT2D eigenvalue weighted by Crippen LogP contribution is -1.95. The van der Waals surface area contributed by atoms with Gasteiger partial charge in [0.05, 0.1) is 0 Å². The Morgan fingerprint density at radius 2 is 0.944 bits per heavy atom. The number of carbonyl (C=O) groups is 3. The van der Waals surface area contributed by atoms with Crippen LogP contribution in [0.3, 0.4) is 0 Å². The first-order chi connectivity index (χ1) is 8.40. The molecule has 0 bridgehead atoms. The molecule has 3 N–H and O–H groups in total. The molecule has 6 heteroatoms. The van der Waals surface area contributed by atoms with Crippen LogP contribution in [0.1, 0.15) is 58.3 Å². The van der Waals surface area contributed by atoms with Gasteiger partial charge in [-0.25, -0.2) is 0 Å². The first-order valence-corrected chi connectivity index (χ1v) is 6.05. The third-order valence-electron chi connectivity index (χ3n) is 2.08. The molecular weight excluding hydrogens is 240 g/mol. The van der Waals surface area contributed by atoms with Crippen LogP contribution < -0.4 is 0 Å². The van der Waals surface area contributed by atoms with E-state index in [1.54, 1.807) is 6.92 Å². The van der Waals surface area contributed by atoms with E-state index in [4.69, 9.17) is 15.3 Å². The van der Waals surface area contributed by atoms with Crippen molar-refractivity contribution >= 4 is 17.9 Å². The van der Waals surface area contributed by atoms with Crippen molar-refractivity contribution in [1.82, 2.24) is 0 Å². The van der Waals surface area contributed by atoms with E-state index in [0.29, 0.717) is 12.8 Å². The second-order valence-corrected chi connectivity index (χ2v) is 3.80. The van der Waals surface area contributed by atoms with Crippen LogP contribution in [0, 0.1) is 0 Å². The first kappa shape index (κ1) is 18.8. The van der Waals surface area contributed by atoms with Gasteiger partial charge in [-0.1, -0.05) is 26.2 Å². The molecule has 0 aromatic rings. The van der Waals surface area contributed by atoms with Crippen LogP contribution >= 0.6 is 0 Å². The highest BCUT2D eigenvalue weighted by molar-refractivity contribution is 5.67. The van der Waals surface area contributed by atoms with E-state index in [2.05, 4.69) is 0 Å². The van der Waals surface area contributed by atoms with Crippen LogP contribution in [-0.2, 0) is 14.4 Å². The maximum Gasteiger partial charge on any atom is 0.303 e. The lowest BCUT2D eigenvalue weighted by Gasteiger charge is -1.97. The van der Waals surface area contributed by atoms with Crippen molar-refractivity contribution in [2.75, 3.05) is 0 Å². The number of carboxylic acid groups (broad SMARTS) is 3. The number of carboxylic acids is 3. The fourth-order valence-corrected chi connectivity index (χ4v) is 1.08. The second kappa shape index (κ2) is 13.5. The molecule has 0 amide bonds. The minimum Gasteiger partial charge on any atom is -0.481 e. The summed E-state index contributed by atoms with van der Waals surface area (Å²) in [5.74, 6) is -2.26. The number of hydrogen-bond donors (Lipinski definition) is 3. The number of unbranched alkanes of at least 4 members (excludes halogenated alkanes) is 4. The summed E-state index contributed by atoms with van der Waals surface area (Å²) in [7, 11) is 0. The van der Waals surface area contributed by atoms with Crippen molar-refractivity contribution in [2.24, 2.45) is 0 Å². The van der Waals surface area contributed by atoms with Crippen LogP contribution in [0.2, 0.25) is 0 Å². The summed E-state index contributed by atoms with van der Waals surface area (Å²) in [6.45, 7) is 1.60. The molecule has 0 aliphatic rings. The quantitative estimate of drug-likeness (QED) is 0.550. The van der Waals surface area contributed by atoms with E-state index >= 15 is 0 Å². The van der Waals surface area contributed by atoms with Gasteiger partial charge in [0.1, 0.15) is 0 Å². The highest BCUT2D eigenvalue weighted by Crippen LogP contribution is 2.06. The molecular formula is C12H22O6. The van der Waals surface area contributed by atoms with Gasteiger partial charge in [0.25, 0.3) is 0 Å². The van der Waals surface area contributed by atoms with Crippen LogP contribution in [0.15, 0.2) is 0 Å². The molecule has 0 heterocycles. The molecule has 0 unspecified atom stereocenters. The van der Waals surface area contributed by atoms with E-state index < -0.39 is 17.9 Å². The third kappa shape index (κ3) is 23.9. The Kier molecular flexibility index (Phi) is 14.0. The van der Waals surface area contributed by atoms with Gasteiger partial charge in [-0.15, -0.1) is 0 Å². The molecule has 106 valence electrons. The van der Waals surface area contributed by atoms with Crippen LogP contribution in [0.5, 0.6) is 0 Å². The number of hydrogen-bond acceptors (Lipinski definition) is 3. The molecule has 0 saturated heterocycles. The van der Waals surface area contributed by atoms with E-state index in [0.717, 1.165) is 19.3 Å². The van der Waals surface area contributed by atoms with Crippen molar-refractivity contribution in [3.63, 3.8) is 0 Å². The van der Waals surface area contributed by atoms with Crippen molar-refractivity contribution < 1.29 is 29.7 Å². The normalized spacial score (nSPS) is 9.17. The predicted octanol–water partition coefficient (Wildman–Crippen LogP) is 2.37. The molecule has 18 heavy (non-hydrogen) atoms. The van der Waals surface area contributed by atoms with Crippen molar-refractivity contribution in [3.8, 4) is 0 Å². The average molecular weight is 262 g/mol. The van der Waals surface area contributed by atoms with Gasteiger partial charge in [0, 0.05) is 19.3 Å². The fraction of sp³-hybridized carbons (Fsp3) is 0.750. The smallest absolute Gasteiger partial charge is 0.303 e. The van der Waals surface area contributed by atoms with Gasteiger partial charge >= 0.3 is 17.9 Å². The van der Waals surface area contributed by atoms with Gasteiger partial charge in [0.15, 0.2) is 0 Å². The molecule has 0 aromatic heterocycles. The molecule has 0 rings (SSSR count). The van der Waals surface area contributed by atoms with Crippen molar-refractivity contribution in [3.05, 3.63) is 0 Å². The van der Waals surface area contributed by atoms with Gasteiger partial charge < -0.3 is 15.3 Å². The van der Waals surface area contributed by atoms with Gasteiger partial charge in [-0.3, -0.25) is 14.4 Å². The Morgan fingerprint density at radius 1 is 0.667 bits per heavy atom. The van der Waals surface area contributed by atoms with E-state index in [9.17, 15) is 14.4 Å². The summed E-state index contributed by atoms with van der Waals surface area (Å²) in [4.78, 5) is 29.6.